The first-order valence-electron chi connectivity index (χ1n) is 7.63. The molecule has 0 aromatic carbocycles. The zero-order valence-electron chi connectivity index (χ0n) is 13.6. The molecule has 2 heterocycles. The summed E-state index contributed by atoms with van der Waals surface area (Å²) in [7, 11) is 5.52. The quantitative estimate of drug-likeness (QED) is 0.840. The van der Waals surface area contributed by atoms with E-state index in [4.69, 9.17) is 0 Å². The molecule has 2 amide bonds. The van der Waals surface area contributed by atoms with Gasteiger partial charge in [0.1, 0.15) is 0 Å². The molecular weight excluding hydrogens is 266 g/mol. The summed E-state index contributed by atoms with van der Waals surface area (Å²) < 4.78 is 2.00. The highest BCUT2D eigenvalue weighted by Gasteiger charge is 2.25. The lowest BCUT2D eigenvalue weighted by Gasteiger charge is -2.37. The number of nitrogens with zero attached hydrogens (tertiary/aromatic N) is 5. The molecular formula is C15H27N5O. The Kier molecular flexibility index (Phi) is 5.22. The van der Waals surface area contributed by atoms with Crippen molar-refractivity contribution in [3.05, 3.63) is 18.0 Å². The fraction of sp³-hybridized carbons (Fsp3) is 0.733. The summed E-state index contributed by atoms with van der Waals surface area (Å²) in [5, 5.41) is 4.32. The zero-order valence-corrected chi connectivity index (χ0v) is 13.6. The SMILES string of the molecule is Cc1cnn(CCN2CCC(N(C)C(=O)N(C)C)CC2)c1. The summed E-state index contributed by atoms with van der Waals surface area (Å²) in [6.45, 7) is 6.13. The Bertz CT molecular complexity index is 462. The van der Waals surface area contributed by atoms with Gasteiger partial charge in [-0.05, 0) is 25.3 Å². The van der Waals surface area contributed by atoms with Crippen LogP contribution in [0, 0.1) is 6.92 Å². The minimum Gasteiger partial charge on any atom is -0.331 e. The maximum atomic E-state index is 12.0. The van der Waals surface area contributed by atoms with E-state index < -0.39 is 0 Å². The van der Waals surface area contributed by atoms with Crippen molar-refractivity contribution in [3.63, 3.8) is 0 Å². The van der Waals surface area contributed by atoms with Gasteiger partial charge in [-0.1, -0.05) is 0 Å². The van der Waals surface area contributed by atoms with Gasteiger partial charge in [0.15, 0.2) is 0 Å². The van der Waals surface area contributed by atoms with Crippen LogP contribution in [0.1, 0.15) is 18.4 Å². The van der Waals surface area contributed by atoms with Crippen LogP contribution in [0.5, 0.6) is 0 Å². The van der Waals surface area contributed by atoms with Crippen molar-refractivity contribution in [2.45, 2.75) is 32.4 Å². The van der Waals surface area contributed by atoms with Crippen LogP contribution >= 0.6 is 0 Å². The molecule has 6 heteroatoms. The molecule has 0 spiro atoms. The molecule has 0 aliphatic carbocycles. The van der Waals surface area contributed by atoms with E-state index in [1.165, 1.54) is 5.56 Å². The lowest BCUT2D eigenvalue weighted by molar-refractivity contribution is 0.119. The standard InChI is InChI=1S/C15H27N5O/c1-13-11-16-20(12-13)10-9-19-7-5-14(6-8-19)18(4)15(21)17(2)3/h11-12,14H,5-10H2,1-4H3. The second-order valence-electron chi connectivity index (χ2n) is 6.14. The molecule has 0 saturated carbocycles. The van der Waals surface area contributed by atoms with Crippen LogP contribution in [0.15, 0.2) is 12.4 Å². The van der Waals surface area contributed by atoms with Crippen LogP contribution in [-0.2, 0) is 6.54 Å². The molecule has 0 unspecified atom stereocenters. The Balaban J connectivity index is 1.74. The third kappa shape index (κ3) is 4.20. The first-order chi connectivity index (χ1) is 9.97. The van der Waals surface area contributed by atoms with E-state index in [2.05, 4.69) is 23.1 Å². The van der Waals surface area contributed by atoms with Gasteiger partial charge < -0.3 is 14.7 Å². The lowest BCUT2D eigenvalue weighted by atomic mass is 10.0. The Morgan fingerprint density at radius 3 is 2.48 bits per heavy atom. The Morgan fingerprint density at radius 2 is 1.95 bits per heavy atom. The number of piperidine rings is 1. The molecule has 0 bridgehead atoms. The average molecular weight is 293 g/mol. The summed E-state index contributed by atoms with van der Waals surface area (Å²) in [5.74, 6) is 0. The maximum Gasteiger partial charge on any atom is 0.319 e. The highest BCUT2D eigenvalue weighted by Crippen LogP contribution is 2.16. The molecule has 0 radical (unpaired) electrons. The lowest BCUT2D eigenvalue weighted by Crippen LogP contribution is -2.48. The van der Waals surface area contributed by atoms with Gasteiger partial charge in [-0.2, -0.15) is 5.10 Å². The average Bonchev–Trinajstić information content (AvgIpc) is 2.89. The van der Waals surface area contributed by atoms with E-state index in [1.54, 1.807) is 19.0 Å². The van der Waals surface area contributed by atoms with E-state index in [0.29, 0.717) is 6.04 Å². The molecule has 1 aliphatic heterocycles. The van der Waals surface area contributed by atoms with Crippen molar-refractivity contribution in [1.29, 1.82) is 0 Å². The number of rotatable bonds is 4. The summed E-state index contributed by atoms with van der Waals surface area (Å²) >= 11 is 0. The third-order valence-electron chi connectivity index (χ3n) is 4.20. The van der Waals surface area contributed by atoms with Gasteiger partial charge in [0.25, 0.3) is 0 Å². The van der Waals surface area contributed by atoms with E-state index in [-0.39, 0.29) is 6.03 Å². The molecule has 1 aromatic heterocycles. The third-order valence-corrected chi connectivity index (χ3v) is 4.20. The first-order valence-corrected chi connectivity index (χ1v) is 7.63. The van der Waals surface area contributed by atoms with Crippen LogP contribution < -0.4 is 0 Å². The van der Waals surface area contributed by atoms with Crippen molar-refractivity contribution >= 4 is 6.03 Å². The van der Waals surface area contributed by atoms with Gasteiger partial charge in [0, 0.05) is 53.0 Å². The van der Waals surface area contributed by atoms with Gasteiger partial charge in [-0.15, -0.1) is 0 Å². The van der Waals surface area contributed by atoms with Crippen LogP contribution in [-0.4, -0.2) is 77.3 Å². The highest BCUT2D eigenvalue weighted by molar-refractivity contribution is 5.73. The summed E-state index contributed by atoms with van der Waals surface area (Å²) in [4.78, 5) is 18.0. The number of aryl methyl sites for hydroxylation is 1. The predicted octanol–water partition coefficient (Wildman–Crippen LogP) is 1.27. The number of likely N-dealkylation sites (tertiary alicyclic amines) is 1. The van der Waals surface area contributed by atoms with Gasteiger partial charge in [0.2, 0.25) is 0 Å². The highest BCUT2D eigenvalue weighted by atomic mass is 16.2. The molecule has 0 atom stereocenters. The van der Waals surface area contributed by atoms with Crippen LogP contribution in [0.25, 0.3) is 0 Å². The van der Waals surface area contributed by atoms with E-state index in [0.717, 1.165) is 39.0 Å². The number of aromatic nitrogens is 2. The van der Waals surface area contributed by atoms with Crippen molar-refractivity contribution < 1.29 is 4.79 Å². The van der Waals surface area contributed by atoms with Crippen molar-refractivity contribution in [1.82, 2.24) is 24.5 Å². The topological polar surface area (TPSA) is 44.6 Å². The Morgan fingerprint density at radius 1 is 1.29 bits per heavy atom. The van der Waals surface area contributed by atoms with E-state index in [9.17, 15) is 4.79 Å². The Labute approximate surface area is 127 Å². The van der Waals surface area contributed by atoms with E-state index >= 15 is 0 Å². The summed E-state index contributed by atoms with van der Waals surface area (Å²) in [6, 6.07) is 0.462. The molecule has 6 nitrogen and oxygen atoms in total. The van der Waals surface area contributed by atoms with Gasteiger partial charge in [-0.3, -0.25) is 4.68 Å². The van der Waals surface area contributed by atoms with Gasteiger partial charge >= 0.3 is 6.03 Å². The maximum absolute atomic E-state index is 12.0. The second kappa shape index (κ2) is 6.93. The molecule has 1 aliphatic rings. The minimum atomic E-state index is 0.0977. The number of carbonyl (C=O) groups excluding carboxylic acids is 1. The largest absolute Gasteiger partial charge is 0.331 e. The summed E-state index contributed by atoms with van der Waals surface area (Å²) in [6.07, 6.45) is 6.08. The fourth-order valence-electron chi connectivity index (χ4n) is 2.84. The van der Waals surface area contributed by atoms with Gasteiger partial charge in [0.05, 0.1) is 12.7 Å². The van der Waals surface area contributed by atoms with Gasteiger partial charge in [-0.25, -0.2) is 4.79 Å². The van der Waals surface area contributed by atoms with Crippen molar-refractivity contribution in [2.75, 3.05) is 40.8 Å². The molecule has 2 rings (SSSR count). The summed E-state index contributed by atoms with van der Waals surface area (Å²) in [5.41, 5.74) is 1.21. The number of amides is 2. The number of urea groups is 1. The normalized spacial score (nSPS) is 17.0. The number of hydrogen-bond acceptors (Lipinski definition) is 3. The smallest absolute Gasteiger partial charge is 0.319 e. The van der Waals surface area contributed by atoms with Crippen LogP contribution in [0.3, 0.4) is 0 Å². The van der Waals surface area contributed by atoms with Crippen molar-refractivity contribution in [3.8, 4) is 0 Å². The minimum absolute atomic E-state index is 0.0977. The van der Waals surface area contributed by atoms with Crippen LogP contribution in [0.4, 0.5) is 4.79 Å². The zero-order chi connectivity index (χ0) is 15.4. The molecule has 1 fully saturated rings. The molecule has 1 aromatic rings. The first kappa shape index (κ1) is 15.8. The predicted molar refractivity (Wildman–Crippen MR) is 83.3 cm³/mol. The number of carbonyl (C=O) groups is 1. The monoisotopic (exact) mass is 293 g/mol. The van der Waals surface area contributed by atoms with Crippen molar-refractivity contribution in [2.24, 2.45) is 0 Å². The molecule has 21 heavy (non-hydrogen) atoms. The molecule has 0 N–H and O–H groups in total. The second-order valence-corrected chi connectivity index (χ2v) is 6.14. The fourth-order valence-corrected chi connectivity index (χ4v) is 2.84. The molecule has 118 valence electrons. The van der Waals surface area contributed by atoms with Crippen LogP contribution in [0.2, 0.25) is 0 Å². The van der Waals surface area contributed by atoms with E-state index in [1.807, 2.05) is 22.8 Å². The molecule has 1 saturated heterocycles. The Hall–Kier alpha value is -1.56. The number of hydrogen-bond donors (Lipinski definition) is 0.